The Kier molecular flexibility index (Phi) is 8.62. The lowest BCUT2D eigenvalue weighted by Crippen LogP contribution is -2.44. The molecule has 7 heteroatoms. The molecule has 0 saturated carbocycles. The van der Waals surface area contributed by atoms with E-state index in [9.17, 15) is 4.79 Å². The first-order valence-electron chi connectivity index (χ1n) is 10.1. The lowest BCUT2D eigenvalue weighted by Gasteiger charge is -2.35. The van der Waals surface area contributed by atoms with Crippen molar-refractivity contribution in [3.63, 3.8) is 0 Å². The molecule has 3 rings (SSSR count). The molecule has 0 spiro atoms. The predicted octanol–water partition coefficient (Wildman–Crippen LogP) is 4.36. The van der Waals surface area contributed by atoms with Gasteiger partial charge in [0.2, 0.25) is 5.91 Å². The highest BCUT2D eigenvalue weighted by Crippen LogP contribution is 2.28. The maximum atomic E-state index is 12.6. The molecular formula is C23H29BrN2O3S. The third-order valence-corrected chi connectivity index (χ3v) is 7.31. The largest absolute Gasteiger partial charge is 0.497 e. The zero-order valence-corrected chi connectivity index (χ0v) is 20.1. The summed E-state index contributed by atoms with van der Waals surface area (Å²) in [7, 11) is 1.67. The second-order valence-electron chi connectivity index (χ2n) is 7.40. The molecule has 1 fully saturated rings. The molecule has 1 aliphatic rings. The van der Waals surface area contributed by atoms with E-state index in [1.54, 1.807) is 18.9 Å². The number of halogens is 1. The van der Waals surface area contributed by atoms with Crippen molar-refractivity contribution in [2.45, 2.75) is 24.8 Å². The molecule has 0 bridgehead atoms. The van der Waals surface area contributed by atoms with E-state index in [1.807, 2.05) is 12.1 Å². The van der Waals surface area contributed by atoms with E-state index < -0.39 is 0 Å². The molecule has 1 saturated heterocycles. The van der Waals surface area contributed by atoms with Crippen molar-refractivity contribution >= 4 is 33.6 Å². The maximum Gasteiger partial charge on any atom is 0.230 e. The van der Waals surface area contributed by atoms with E-state index in [-0.39, 0.29) is 11.9 Å². The van der Waals surface area contributed by atoms with Gasteiger partial charge in [0.05, 0.1) is 32.1 Å². The standard InChI is InChI=1S/C23H29BrN2O3S/c1-16-13-22(17(2)12-20(16)24)30-15-23(27)25-14-21(26-8-10-29-11-9-26)18-4-6-19(28-3)7-5-18/h4-7,12-13,21H,8-11,14-15H2,1-3H3,(H,25,27)/t21-/m1/s1. The fourth-order valence-electron chi connectivity index (χ4n) is 3.49. The van der Waals surface area contributed by atoms with Crippen molar-refractivity contribution in [2.24, 2.45) is 0 Å². The molecule has 2 aromatic carbocycles. The number of thioether (sulfide) groups is 1. The summed E-state index contributed by atoms with van der Waals surface area (Å²) in [6.07, 6.45) is 0. The van der Waals surface area contributed by atoms with Gasteiger partial charge in [-0.15, -0.1) is 11.8 Å². The fraction of sp³-hybridized carbons (Fsp3) is 0.435. The molecule has 30 heavy (non-hydrogen) atoms. The van der Waals surface area contributed by atoms with E-state index >= 15 is 0 Å². The smallest absolute Gasteiger partial charge is 0.230 e. The average molecular weight is 493 g/mol. The van der Waals surface area contributed by atoms with Crippen LogP contribution in [0.5, 0.6) is 5.75 Å². The Labute approximate surface area is 191 Å². The van der Waals surface area contributed by atoms with Crippen LogP contribution in [0.3, 0.4) is 0 Å². The summed E-state index contributed by atoms with van der Waals surface area (Å²) in [5, 5.41) is 3.14. The number of carbonyl (C=O) groups excluding carboxylic acids is 1. The normalized spacial score (nSPS) is 15.6. The third kappa shape index (κ3) is 6.23. The number of benzene rings is 2. The SMILES string of the molecule is COc1ccc([C@@H](CNC(=O)CSc2cc(C)c(Br)cc2C)N2CCOCC2)cc1. The molecule has 0 radical (unpaired) electrons. The Balaban J connectivity index is 1.61. The zero-order chi connectivity index (χ0) is 21.5. The van der Waals surface area contributed by atoms with Gasteiger partial charge in [0.1, 0.15) is 5.75 Å². The second-order valence-corrected chi connectivity index (χ2v) is 9.27. The van der Waals surface area contributed by atoms with Gasteiger partial charge in [-0.2, -0.15) is 0 Å². The topological polar surface area (TPSA) is 50.8 Å². The third-order valence-electron chi connectivity index (χ3n) is 5.29. The molecule has 0 aliphatic carbocycles. The van der Waals surface area contributed by atoms with Crippen LogP contribution >= 0.6 is 27.7 Å². The summed E-state index contributed by atoms with van der Waals surface area (Å²) >= 11 is 5.14. The molecule has 0 unspecified atom stereocenters. The fourth-order valence-corrected chi connectivity index (χ4v) is 4.88. The minimum Gasteiger partial charge on any atom is -0.497 e. The Bertz CT molecular complexity index is 854. The summed E-state index contributed by atoms with van der Waals surface area (Å²) in [4.78, 5) is 16.1. The molecule has 5 nitrogen and oxygen atoms in total. The molecule has 1 heterocycles. The van der Waals surface area contributed by atoms with Crippen LogP contribution in [0.1, 0.15) is 22.7 Å². The summed E-state index contributed by atoms with van der Waals surface area (Å²) < 4.78 is 11.9. The molecule has 1 N–H and O–H groups in total. The van der Waals surface area contributed by atoms with Crippen molar-refractivity contribution in [2.75, 3.05) is 45.7 Å². The number of amides is 1. The first kappa shape index (κ1) is 23.1. The number of rotatable bonds is 8. The number of nitrogens with one attached hydrogen (secondary N) is 1. The van der Waals surface area contributed by atoms with E-state index in [1.165, 1.54) is 16.7 Å². The molecular weight excluding hydrogens is 464 g/mol. The molecule has 1 aliphatic heterocycles. The second kappa shape index (κ2) is 11.2. The van der Waals surface area contributed by atoms with Gasteiger partial charge < -0.3 is 14.8 Å². The lowest BCUT2D eigenvalue weighted by atomic mass is 10.0. The first-order valence-corrected chi connectivity index (χ1v) is 11.9. The number of morpholine rings is 1. The molecule has 162 valence electrons. The average Bonchev–Trinajstić information content (AvgIpc) is 2.76. The van der Waals surface area contributed by atoms with Crippen LogP contribution < -0.4 is 10.1 Å². The molecule has 0 aromatic heterocycles. The van der Waals surface area contributed by atoms with Crippen LogP contribution in [-0.4, -0.2) is 56.5 Å². The highest BCUT2D eigenvalue weighted by molar-refractivity contribution is 9.10. The number of nitrogens with zero attached hydrogens (tertiary/aromatic N) is 1. The van der Waals surface area contributed by atoms with E-state index in [4.69, 9.17) is 9.47 Å². The summed E-state index contributed by atoms with van der Waals surface area (Å²) in [5.41, 5.74) is 3.52. The summed E-state index contributed by atoms with van der Waals surface area (Å²) in [6.45, 7) is 7.87. The van der Waals surface area contributed by atoms with Crippen LogP contribution in [0.4, 0.5) is 0 Å². The first-order chi connectivity index (χ1) is 14.5. The Hall–Kier alpha value is -1.54. The Morgan fingerprint density at radius 2 is 1.90 bits per heavy atom. The quantitative estimate of drug-likeness (QED) is 0.554. The van der Waals surface area contributed by atoms with Gasteiger partial charge in [0.25, 0.3) is 0 Å². The van der Waals surface area contributed by atoms with Crippen molar-refractivity contribution in [3.05, 3.63) is 57.6 Å². The number of aryl methyl sites for hydroxylation is 2. The predicted molar refractivity (Wildman–Crippen MR) is 125 cm³/mol. The van der Waals surface area contributed by atoms with Crippen molar-refractivity contribution in [3.8, 4) is 5.75 Å². The van der Waals surface area contributed by atoms with Crippen LogP contribution in [-0.2, 0) is 9.53 Å². The number of carbonyl (C=O) groups is 1. The molecule has 2 aromatic rings. The number of hydrogen-bond acceptors (Lipinski definition) is 5. The van der Waals surface area contributed by atoms with Gasteiger partial charge in [-0.3, -0.25) is 9.69 Å². The highest BCUT2D eigenvalue weighted by Gasteiger charge is 2.23. The lowest BCUT2D eigenvalue weighted by molar-refractivity contribution is -0.118. The Morgan fingerprint density at radius 1 is 1.20 bits per heavy atom. The number of ether oxygens (including phenoxy) is 2. The highest BCUT2D eigenvalue weighted by atomic mass is 79.9. The van der Waals surface area contributed by atoms with Crippen molar-refractivity contribution in [1.29, 1.82) is 0 Å². The minimum atomic E-state index is 0.0479. The van der Waals surface area contributed by atoms with Crippen LogP contribution in [0, 0.1) is 13.8 Å². The van der Waals surface area contributed by atoms with E-state index in [0.717, 1.165) is 41.4 Å². The van der Waals surface area contributed by atoms with Gasteiger partial charge in [-0.05, 0) is 54.8 Å². The van der Waals surface area contributed by atoms with Crippen molar-refractivity contribution in [1.82, 2.24) is 10.2 Å². The van der Waals surface area contributed by atoms with Crippen LogP contribution in [0.25, 0.3) is 0 Å². The molecule has 1 atom stereocenters. The Morgan fingerprint density at radius 3 is 2.57 bits per heavy atom. The number of hydrogen-bond donors (Lipinski definition) is 1. The molecule has 1 amide bonds. The van der Waals surface area contributed by atoms with Gasteiger partial charge in [0, 0.05) is 29.0 Å². The maximum absolute atomic E-state index is 12.6. The summed E-state index contributed by atoms with van der Waals surface area (Å²) in [6, 6.07) is 12.4. The van der Waals surface area contributed by atoms with Gasteiger partial charge >= 0.3 is 0 Å². The van der Waals surface area contributed by atoms with Crippen LogP contribution in [0.2, 0.25) is 0 Å². The zero-order valence-electron chi connectivity index (χ0n) is 17.7. The monoisotopic (exact) mass is 492 g/mol. The number of methoxy groups -OCH3 is 1. The minimum absolute atomic E-state index is 0.0479. The van der Waals surface area contributed by atoms with Gasteiger partial charge in [-0.1, -0.05) is 28.1 Å². The van der Waals surface area contributed by atoms with Crippen molar-refractivity contribution < 1.29 is 14.3 Å². The van der Waals surface area contributed by atoms with Gasteiger partial charge in [0.15, 0.2) is 0 Å². The van der Waals surface area contributed by atoms with Gasteiger partial charge in [-0.25, -0.2) is 0 Å². The van der Waals surface area contributed by atoms with E-state index in [2.05, 4.69) is 64.3 Å². The summed E-state index contributed by atoms with van der Waals surface area (Å²) in [5.74, 6) is 1.28. The van der Waals surface area contributed by atoms with Crippen LogP contribution in [0.15, 0.2) is 45.8 Å². The van der Waals surface area contributed by atoms with E-state index in [0.29, 0.717) is 12.3 Å².